The Kier molecular flexibility index (Phi) is 7.88. The summed E-state index contributed by atoms with van der Waals surface area (Å²) in [5, 5.41) is 4.96. The van der Waals surface area contributed by atoms with Crippen LogP contribution < -0.4 is 5.32 Å². The summed E-state index contributed by atoms with van der Waals surface area (Å²) < 4.78 is 0. The largest absolute Gasteiger partial charge is 0.348 e. The van der Waals surface area contributed by atoms with Gasteiger partial charge >= 0.3 is 0 Å². The molecule has 2 amide bonds. The zero-order chi connectivity index (χ0) is 38.1. The van der Waals surface area contributed by atoms with Crippen molar-refractivity contribution in [2.24, 2.45) is 0 Å². The maximum absolute atomic E-state index is 14.2. The Morgan fingerprint density at radius 3 is 1.91 bits per heavy atom. The van der Waals surface area contributed by atoms with Crippen molar-refractivity contribution in [3.63, 3.8) is 0 Å². The van der Waals surface area contributed by atoms with Crippen molar-refractivity contribution in [2.45, 2.75) is 45.7 Å². The molecule has 1 unspecified atom stereocenters. The van der Waals surface area contributed by atoms with Gasteiger partial charge in [-0.3, -0.25) is 19.6 Å². The van der Waals surface area contributed by atoms with Crippen molar-refractivity contribution in [1.82, 2.24) is 40.1 Å². The summed E-state index contributed by atoms with van der Waals surface area (Å²) in [7, 11) is 0. The van der Waals surface area contributed by atoms with E-state index in [1.54, 1.807) is 0 Å². The second-order valence-electron chi connectivity index (χ2n) is 15.3. The lowest BCUT2D eigenvalue weighted by molar-refractivity contribution is 0.0769. The average molecular weight is 735 g/mol. The Hall–Kier alpha value is -6.94. The number of hydrogen-bond donors (Lipinski definition) is 3. The van der Waals surface area contributed by atoms with Gasteiger partial charge in [0.1, 0.15) is 11.3 Å². The number of aromatic amines is 2. The number of H-pyrrole nitrogens is 2. The fourth-order valence-electron chi connectivity index (χ4n) is 8.25. The first-order chi connectivity index (χ1) is 27.3. The Balaban J connectivity index is 0.961. The smallest absolute Gasteiger partial charge is 0.254 e. The van der Waals surface area contributed by atoms with Gasteiger partial charge in [0.05, 0.1) is 11.4 Å². The predicted molar refractivity (Wildman–Crippen MR) is 218 cm³/mol. The van der Waals surface area contributed by atoms with Gasteiger partial charge < -0.3 is 20.2 Å². The van der Waals surface area contributed by atoms with Crippen LogP contribution in [0.1, 0.15) is 75.8 Å². The molecule has 10 heteroatoms. The number of carbonyl (C=O) groups excluding carboxylic acids is 2. The number of rotatable bonds is 8. The number of nitrogens with one attached hydrogen (secondary N) is 3. The van der Waals surface area contributed by atoms with Crippen LogP contribution in [0, 0.1) is 0 Å². The van der Waals surface area contributed by atoms with Crippen molar-refractivity contribution in [3.8, 4) is 44.5 Å². The van der Waals surface area contributed by atoms with Gasteiger partial charge in [-0.2, -0.15) is 0 Å². The van der Waals surface area contributed by atoms with Crippen molar-refractivity contribution < 1.29 is 9.59 Å². The molecule has 274 valence electrons. The highest BCUT2D eigenvalue weighted by molar-refractivity contribution is 6.01. The molecule has 6 aromatic heterocycles. The van der Waals surface area contributed by atoms with Crippen molar-refractivity contribution in [3.05, 3.63) is 144 Å². The Morgan fingerprint density at radius 1 is 0.589 bits per heavy atom. The third kappa shape index (κ3) is 5.72. The lowest BCUT2D eigenvalue weighted by atomic mass is 9.92. The molecule has 1 atom stereocenters. The SMILES string of the molecule is CC(C)c1ncc(-c2ccc3c(c2)C(=O)NC3)cc1-c1ccc2c(c1)C(=O)N(CC(C)c1ncc(-c3cnc4[nH]ccc4c3)cc1-c1cnc3[nH]ccc3c1)C2. The first-order valence-corrected chi connectivity index (χ1v) is 19.0. The van der Waals surface area contributed by atoms with Crippen LogP contribution in [0.15, 0.2) is 110 Å². The van der Waals surface area contributed by atoms with Crippen LogP contribution in [0.4, 0.5) is 0 Å². The van der Waals surface area contributed by atoms with Gasteiger partial charge in [0, 0.05) is 118 Å². The van der Waals surface area contributed by atoms with E-state index in [0.717, 1.165) is 89.1 Å². The number of benzene rings is 2. The Morgan fingerprint density at radius 2 is 1.16 bits per heavy atom. The first-order valence-electron chi connectivity index (χ1n) is 19.0. The van der Waals surface area contributed by atoms with Gasteiger partial charge in [-0.25, -0.2) is 9.97 Å². The number of amides is 2. The summed E-state index contributed by atoms with van der Waals surface area (Å²) in [5.74, 6) is 0.0484. The predicted octanol–water partition coefficient (Wildman–Crippen LogP) is 9.02. The fourth-order valence-corrected chi connectivity index (χ4v) is 8.25. The van der Waals surface area contributed by atoms with Crippen LogP contribution in [0.3, 0.4) is 0 Å². The molecule has 2 aliphatic heterocycles. The molecular weight excluding hydrogens is 697 g/mol. The monoisotopic (exact) mass is 734 g/mol. The van der Waals surface area contributed by atoms with Crippen molar-refractivity contribution in [1.29, 1.82) is 0 Å². The highest BCUT2D eigenvalue weighted by atomic mass is 16.2. The van der Waals surface area contributed by atoms with E-state index < -0.39 is 0 Å². The van der Waals surface area contributed by atoms with E-state index >= 15 is 0 Å². The maximum Gasteiger partial charge on any atom is 0.254 e. The minimum absolute atomic E-state index is 0.00741. The van der Waals surface area contributed by atoms with E-state index in [1.807, 2.05) is 78.5 Å². The van der Waals surface area contributed by atoms with E-state index in [0.29, 0.717) is 30.8 Å². The number of aromatic nitrogens is 6. The lowest BCUT2D eigenvalue weighted by Crippen LogP contribution is -2.28. The summed E-state index contributed by atoms with van der Waals surface area (Å²) >= 11 is 0. The molecule has 0 saturated heterocycles. The van der Waals surface area contributed by atoms with E-state index in [1.165, 1.54) is 0 Å². The zero-order valence-electron chi connectivity index (χ0n) is 31.2. The zero-order valence-corrected chi connectivity index (χ0v) is 31.2. The van der Waals surface area contributed by atoms with Crippen molar-refractivity contribution in [2.75, 3.05) is 6.54 Å². The summed E-state index contributed by atoms with van der Waals surface area (Å²) in [4.78, 5) is 54.3. The Bertz CT molecular complexity index is 2890. The molecule has 8 aromatic rings. The number of pyridine rings is 4. The number of hydrogen-bond acceptors (Lipinski definition) is 6. The average Bonchev–Trinajstić information content (AvgIpc) is 4.03. The quantitative estimate of drug-likeness (QED) is 0.143. The highest BCUT2D eigenvalue weighted by Crippen LogP contribution is 2.38. The van der Waals surface area contributed by atoms with Gasteiger partial charge in [-0.15, -0.1) is 0 Å². The second-order valence-corrected chi connectivity index (χ2v) is 15.3. The molecule has 10 nitrogen and oxygen atoms in total. The number of fused-ring (bicyclic) bond motifs is 4. The molecule has 0 radical (unpaired) electrons. The summed E-state index contributed by atoms with van der Waals surface area (Å²) in [6, 6.07) is 24.8. The van der Waals surface area contributed by atoms with Crippen LogP contribution in [0.5, 0.6) is 0 Å². The molecule has 0 saturated carbocycles. The Labute approximate surface area is 323 Å². The van der Waals surface area contributed by atoms with Gasteiger partial charge in [0.15, 0.2) is 0 Å². The van der Waals surface area contributed by atoms with E-state index in [4.69, 9.17) is 15.0 Å². The normalized spacial score (nSPS) is 14.2. The minimum Gasteiger partial charge on any atom is -0.348 e. The summed E-state index contributed by atoms with van der Waals surface area (Å²) in [6.07, 6.45) is 11.3. The highest BCUT2D eigenvalue weighted by Gasteiger charge is 2.31. The van der Waals surface area contributed by atoms with Crippen LogP contribution >= 0.6 is 0 Å². The van der Waals surface area contributed by atoms with Gasteiger partial charge in [-0.05, 0) is 76.7 Å². The molecular formula is C46H38N8O2. The summed E-state index contributed by atoms with van der Waals surface area (Å²) in [5.41, 5.74) is 14.6. The molecule has 56 heavy (non-hydrogen) atoms. The van der Waals surface area contributed by atoms with E-state index in [-0.39, 0.29) is 23.7 Å². The van der Waals surface area contributed by atoms with Gasteiger partial charge in [0.25, 0.3) is 11.8 Å². The third-order valence-electron chi connectivity index (χ3n) is 11.2. The molecule has 10 rings (SSSR count). The minimum atomic E-state index is -0.0770. The van der Waals surface area contributed by atoms with E-state index in [9.17, 15) is 9.59 Å². The summed E-state index contributed by atoms with van der Waals surface area (Å²) in [6.45, 7) is 7.98. The molecule has 8 heterocycles. The third-order valence-corrected chi connectivity index (χ3v) is 11.2. The fraction of sp³-hybridized carbons (Fsp3) is 0.174. The molecule has 2 aromatic carbocycles. The lowest BCUT2D eigenvalue weighted by Gasteiger charge is -2.23. The molecule has 3 N–H and O–H groups in total. The van der Waals surface area contributed by atoms with Crippen LogP contribution in [-0.2, 0) is 13.1 Å². The topological polar surface area (TPSA) is 133 Å². The molecule has 2 aliphatic rings. The van der Waals surface area contributed by atoms with Crippen LogP contribution in [0.25, 0.3) is 66.6 Å². The van der Waals surface area contributed by atoms with Gasteiger partial charge in [0.2, 0.25) is 0 Å². The van der Waals surface area contributed by atoms with Crippen LogP contribution in [-0.4, -0.2) is 53.2 Å². The molecule has 0 bridgehead atoms. The van der Waals surface area contributed by atoms with Crippen LogP contribution in [0.2, 0.25) is 0 Å². The molecule has 0 aliphatic carbocycles. The molecule has 0 fully saturated rings. The number of nitrogens with zero attached hydrogens (tertiary/aromatic N) is 5. The van der Waals surface area contributed by atoms with Gasteiger partial charge in [-0.1, -0.05) is 45.0 Å². The maximum atomic E-state index is 14.2. The number of carbonyl (C=O) groups is 2. The second kappa shape index (κ2) is 13.1. The van der Waals surface area contributed by atoms with E-state index in [2.05, 4.69) is 77.4 Å². The first kappa shape index (κ1) is 33.6. The standard InChI is InChI=1S/C46H38N8O2/c1-25(2)41-37(16-34(19-49-41)27-4-6-31-18-53-45(55)39(31)14-27)28-5-7-32-24-54(46(56)40(32)15-28)23-26(3)42-38(36-13-30-9-11-48-44(30)52-22-36)17-35(20-50-42)33-12-29-8-10-47-43(29)51-21-33/h4-17,19-22,25-26H,18,23-24H2,1-3H3,(H,47,51)(H,48,52)(H,53,55). The molecule has 0 spiro atoms. The van der Waals surface area contributed by atoms with Crippen molar-refractivity contribution >= 4 is 33.9 Å².